The van der Waals surface area contributed by atoms with Gasteiger partial charge in [-0.05, 0) is 17.7 Å². The van der Waals surface area contributed by atoms with Crippen molar-refractivity contribution in [2.75, 3.05) is 13.7 Å². The molecule has 1 N–H and O–H groups in total. The Hall–Kier alpha value is -2.37. The van der Waals surface area contributed by atoms with E-state index < -0.39 is 12.0 Å². The van der Waals surface area contributed by atoms with E-state index >= 15 is 0 Å². The van der Waals surface area contributed by atoms with Crippen molar-refractivity contribution >= 4 is 17.7 Å². The number of esters is 1. The maximum absolute atomic E-state index is 11.8. The molecule has 1 atom stereocenters. The van der Waals surface area contributed by atoms with Crippen LogP contribution in [0.2, 0.25) is 0 Å². The fraction of sp³-hybridized carbons (Fsp3) is 0.357. The van der Waals surface area contributed by atoms with Crippen molar-refractivity contribution in [3.05, 3.63) is 29.8 Å². The van der Waals surface area contributed by atoms with Gasteiger partial charge >= 0.3 is 5.97 Å². The number of ether oxygens (including phenoxy) is 1. The molecule has 6 heteroatoms. The van der Waals surface area contributed by atoms with Gasteiger partial charge in [-0.25, -0.2) is 4.79 Å². The number of carbonyl (C=O) groups is 3. The number of carbonyl (C=O) groups excluding carboxylic acids is 3. The van der Waals surface area contributed by atoms with Gasteiger partial charge in [-0.1, -0.05) is 12.1 Å². The number of hydrogen-bond acceptors (Lipinski definition) is 5. The standard InChI is InChI=1S/C14H15NO5/c1-20-14(19)12(15-8-11(17)7-13(15)18)6-9-2-4-10(16)5-3-9/h2-5,12,16H,6-8H2,1H3/t12-/m0/s1. The zero-order valence-corrected chi connectivity index (χ0v) is 11.0. The van der Waals surface area contributed by atoms with Crippen LogP contribution in [0.15, 0.2) is 24.3 Å². The van der Waals surface area contributed by atoms with Crippen molar-refractivity contribution in [3.63, 3.8) is 0 Å². The molecule has 1 fully saturated rings. The van der Waals surface area contributed by atoms with Crippen LogP contribution in [-0.4, -0.2) is 47.4 Å². The Bertz CT molecular complexity index is 537. The highest BCUT2D eigenvalue weighted by molar-refractivity contribution is 6.06. The Kier molecular flexibility index (Phi) is 4.02. The van der Waals surface area contributed by atoms with Gasteiger partial charge in [-0.15, -0.1) is 0 Å². The first kappa shape index (κ1) is 14.0. The van der Waals surface area contributed by atoms with Gasteiger partial charge in [0.05, 0.1) is 20.1 Å². The third-order valence-electron chi connectivity index (χ3n) is 3.23. The van der Waals surface area contributed by atoms with Crippen molar-refractivity contribution in [2.45, 2.75) is 18.9 Å². The van der Waals surface area contributed by atoms with E-state index in [9.17, 15) is 19.5 Å². The van der Waals surface area contributed by atoms with Gasteiger partial charge in [0.15, 0.2) is 5.78 Å². The predicted octanol–water partition coefficient (Wildman–Crippen LogP) is 0.278. The average molecular weight is 277 g/mol. The third-order valence-corrected chi connectivity index (χ3v) is 3.23. The molecule has 1 aliphatic rings. The lowest BCUT2D eigenvalue weighted by molar-refractivity contribution is -0.151. The Morgan fingerprint density at radius 1 is 1.35 bits per heavy atom. The molecule has 0 saturated carbocycles. The van der Waals surface area contributed by atoms with Gasteiger partial charge in [0, 0.05) is 6.42 Å². The van der Waals surface area contributed by atoms with Crippen LogP contribution >= 0.6 is 0 Å². The maximum Gasteiger partial charge on any atom is 0.328 e. The Labute approximate surface area is 115 Å². The van der Waals surface area contributed by atoms with Crippen LogP contribution in [0.4, 0.5) is 0 Å². The number of Topliss-reactive ketones (excluding diaryl/α,β-unsaturated/α-hetero) is 1. The minimum Gasteiger partial charge on any atom is -0.508 e. The second-order valence-electron chi connectivity index (χ2n) is 4.65. The number of nitrogens with zero attached hydrogens (tertiary/aromatic N) is 1. The topological polar surface area (TPSA) is 83.9 Å². The van der Waals surface area contributed by atoms with Gasteiger partial charge in [-0.2, -0.15) is 0 Å². The second kappa shape index (κ2) is 5.73. The molecule has 0 spiro atoms. The smallest absolute Gasteiger partial charge is 0.328 e. The summed E-state index contributed by atoms with van der Waals surface area (Å²) < 4.78 is 4.71. The molecular weight excluding hydrogens is 262 g/mol. The van der Waals surface area contributed by atoms with Gasteiger partial charge in [0.25, 0.3) is 0 Å². The fourth-order valence-electron chi connectivity index (χ4n) is 2.20. The molecule has 1 aliphatic heterocycles. The SMILES string of the molecule is COC(=O)[C@H](Cc1ccc(O)cc1)N1CC(=O)CC1=O. The Morgan fingerprint density at radius 3 is 2.50 bits per heavy atom. The molecule has 1 amide bonds. The van der Waals surface area contributed by atoms with Crippen molar-refractivity contribution in [2.24, 2.45) is 0 Å². The quantitative estimate of drug-likeness (QED) is 0.631. The molecule has 20 heavy (non-hydrogen) atoms. The van der Waals surface area contributed by atoms with Crippen LogP contribution in [-0.2, 0) is 25.5 Å². The number of ketones is 1. The first-order valence-corrected chi connectivity index (χ1v) is 6.18. The zero-order chi connectivity index (χ0) is 14.7. The molecule has 106 valence electrons. The number of phenols is 1. The molecule has 1 saturated heterocycles. The minimum atomic E-state index is -0.816. The van der Waals surface area contributed by atoms with Crippen molar-refractivity contribution in [1.29, 1.82) is 0 Å². The lowest BCUT2D eigenvalue weighted by Crippen LogP contribution is -2.44. The normalized spacial score (nSPS) is 16.4. The van der Waals surface area contributed by atoms with Gasteiger partial charge in [0.1, 0.15) is 11.8 Å². The Morgan fingerprint density at radius 2 is 2.00 bits per heavy atom. The summed E-state index contributed by atoms with van der Waals surface area (Å²) in [6.45, 7) is -0.0588. The first-order chi connectivity index (χ1) is 9.51. The molecule has 6 nitrogen and oxygen atoms in total. The zero-order valence-electron chi connectivity index (χ0n) is 11.0. The lowest BCUT2D eigenvalue weighted by Gasteiger charge is -2.24. The number of phenolic OH excluding ortho intramolecular Hbond substituents is 1. The van der Waals surface area contributed by atoms with E-state index in [1.165, 1.54) is 24.1 Å². The largest absolute Gasteiger partial charge is 0.508 e. The number of aromatic hydroxyl groups is 1. The molecule has 1 aromatic rings. The number of methoxy groups -OCH3 is 1. The van der Waals surface area contributed by atoms with Crippen LogP contribution < -0.4 is 0 Å². The highest BCUT2D eigenvalue weighted by atomic mass is 16.5. The van der Waals surface area contributed by atoms with Crippen molar-refractivity contribution in [1.82, 2.24) is 4.90 Å². The number of amides is 1. The number of benzene rings is 1. The predicted molar refractivity (Wildman–Crippen MR) is 69.0 cm³/mol. The fourth-order valence-corrected chi connectivity index (χ4v) is 2.20. The summed E-state index contributed by atoms with van der Waals surface area (Å²) in [4.78, 5) is 36.2. The van der Waals surface area contributed by atoms with E-state index in [1.807, 2.05) is 0 Å². The molecule has 1 heterocycles. The summed E-state index contributed by atoms with van der Waals surface area (Å²) in [5, 5.41) is 9.23. The summed E-state index contributed by atoms with van der Waals surface area (Å²) in [7, 11) is 1.24. The molecule has 2 rings (SSSR count). The van der Waals surface area contributed by atoms with Crippen LogP contribution in [0, 0.1) is 0 Å². The minimum absolute atomic E-state index is 0.0588. The third kappa shape index (κ3) is 2.96. The molecular formula is C14H15NO5. The summed E-state index contributed by atoms with van der Waals surface area (Å²) in [5.74, 6) is -0.990. The maximum atomic E-state index is 11.8. The van der Waals surface area contributed by atoms with E-state index in [4.69, 9.17) is 4.74 Å². The molecule has 0 radical (unpaired) electrons. The summed E-state index contributed by atoms with van der Waals surface area (Å²) >= 11 is 0. The van der Waals surface area contributed by atoms with E-state index in [1.54, 1.807) is 12.1 Å². The number of hydrogen-bond donors (Lipinski definition) is 1. The van der Waals surface area contributed by atoms with Gasteiger partial charge in [0.2, 0.25) is 5.91 Å². The molecule has 0 unspecified atom stereocenters. The van der Waals surface area contributed by atoms with E-state index in [0.29, 0.717) is 0 Å². The highest BCUT2D eigenvalue weighted by Crippen LogP contribution is 2.18. The molecule has 0 bridgehead atoms. The van der Waals surface area contributed by atoms with Gasteiger partial charge in [-0.3, -0.25) is 9.59 Å². The number of likely N-dealkylation sites (tertiary alicyclic amines) is 1. The van der Waals surface area contributed by atoms with Crippen LogP contribution in [0.25, 0.3) is 0 Å². The van der Waals surface area contributed by atoms with Crippen molar-refractivity contribution in [3.8, 4) is 5.75 Å². The second-order valence-corrected chi connectivity index (χ2v) is 4.65. The van der Waals surface area contributed by atoms with Crippen LogP contribution in [0.5, 0.6) is 5.75 Å². The monoisotopic (exact) mass is 277 g/mol. The van der Waals surface area contributed by atoms with Crippen molar-refractivity contribution < 1.29 is 24.2 Å². The molecule has 1 aromatic carbocycles. The average Bonchev–Trinajstić information content (AvgIpc) is 2.76. The van der Waals surface area contributed by atoms with Crippen LogP contribution in [0.1, 0.15) is 12.0 Å². The molecule has 0 aromatic heterocycles. The van der Waals surface area contributed by atoms with Crippen LogP contribution in [0.3, 0.4) is 0 Å². The first-order valence-electron chi connectivity index (χ1n) is 6.18. The van der Waals surface area contributed by atoms with E-state index in [2.05, 4.69) is 0 Å². The summed E-state index contributed by atoms with van der Waals surface area (Å²) in [5.41, 5.74) is 0.769. The number of rotatable bonds is 4. The summed E-state index contributed by atoms with van der Waals surface area (Å²) in [6.07, 6.45) is 0.0784. The Balaban J connectivity index is 2.20. The van der Waals surface area contributed by atoms with E-state index in [-0.39, 0.29) is 36.8 Å². The lowest BCUT2D eigenvalue weighted by atomic mass is 10.0. The molecule has 0 aliphatic carbocycles. The van der Waals surface area contributed by atoms with E-state index in [0.717, 1.165) is 5.56 Å². The highest BCUT2D eigenvalue weighted by Gasteiger charge is 2.37. The van der Waals surface area contributed by atoms with Gasteiger partial charge < -0.3 is 14.7 Å². The summed E-state index contributed by atoms with van der Waals surface area (Å²) in [6, 6.07) is 5.51.